The minimum Gasteiger partial charge on any atom is -0.466 e. The predicted molar refractivity (Wildman–Crippen MR) is 114 cm³/mol. The standard InChI is InChI=1S/C23H32O3Si/c1-6-25-22(24)18-17-19(2)26-27(23(3,4)5,20-13-9-7-10-14-20)21-15-11-8-12-16-21/h7-16,19H,6,17-18H2,1-5H3/t19-/m0/s1. The number of carbonyl (C=O) groups is 1. The molecule has 0 aliphatic heterocycles. The first kappa shape index (κ1) is 21.4. The molecule has 0 saturated carbocycles. The zero-order valence-corrected chi connectivity index (χ0v) is 18.2. The molecule has 0 aliphatic carbocycles. The summed E-state index contributed by atoms with van der Waals surface area (Å²) >= 11 is 0. The summed E-state index contributed by atoms with van der Waals surface area (Å²) in [6.45, 7) is 11.1. The predicted octanol–water partition coefficient (Wildman–Crippen LogP) is 4.29. The van der Waals surface area contributed by atoms with Crippen LogP contribution in [-0.4, -0.2) is 27.0 Å². The summed E-state index contributed by atoms with van der Waals surface area (Å²) in [5, 5.41) is 2.45. The average molecular weight is 385 g/mol. The van der Waals surface area contributed by atoms with Gasteiger partial charge in [0.1, 0.15) is 0 Å². The van der Waals surface area contributed by atoms with Crippen LogP contribution < -0.4 is 10.4 Å². The molecule has 0 N–H and O–H groups in total. The fourth-order valence-electron chi connectivity index (χ4n) is 3.61. The third-order valence-electron chi connectivity index (χ3n) is 4.86. The van der Waals surface area contributed by atoms with Crippen LogP contribution in [0.5, 0.6) is 0 Å². The van der Waals surface area contributed by atoms with Gasteiger partial charge in [-0.25, -0.2) is 0 Å². The molecule has 0 bridgehead atoms. The first-order valence-electron chi connectivity index (χ1n) is 9.75. The lowest BCUT2D eigenvalue weighted by atomic mass is 10.2. The monoisotopic (exact) mass is 384 g/mol. The van der Waals surface area contributed by atoms with Crippen molar-refractivity contribution in [3.8, 4) is 0 Å². The van der Waals surface area contributed by atoms with E-state index >= 15 is 0 Å². The van der Waals surface area contributed by atoms with Crippen molar-refractivity contribution in [2.75, 3.05) is 6.61 Å². The molecule has 0 fully saturated rings. The molecule has 0 unspecified atom stereocenters. The zero-order valence-electron chi connectivity index (χ0n) is 17.2. The largest absolute Gasteiger partial charge is 0.466 e. The second-order valence-electron chi connectivity index (χ2n) is 7.94. The van der Waals surface area contributed by atoms with E-state index in [1.165, 1.54) is 10.4 Å². The molecular formula is C23H32O3Si. The summed E-state index contributed by atoms with van der Waals surface area (Å²) in [5.41, 5.74) is 0. The van der Waals surface area contributed by atoms with Crippen molar-refractivity contribution in [3.05, 3.63) is 60.7 Å². The van der Waals surface area contributed by atoms with Crippen molar-refractivity contribution in [2.24, 2.45) is 0 Å². The Morgan fingerprint density at radius 3 is 1.85 bits per heavy atom. The van der Waals surface area contributed by atoms with Gasteiger partial charge in [-0.2, -0.15) is 0 Å². The van der Waals surface area contributed by atoms with Gasteiger partial charge in [0, 0.05) is 12.5 Å². The molecule has 2 aromatic carbocycles. The number of ether oxygens (including phenoxy) is 1. The Bertz CT molecular complexity index is 668. The molecular weight excluding hydrogens is 352 g/mol. The number of esters is 1. The van der Waals surface area contributed by atoms with E-state index in [1.807, 2.05) is 19.1 Å². The van der Waals surface area contributed by atoms with Gasteiger partial charge in [0.05, 0.1) is 6.61 Å². The summed E-state index contributed by atoms with van der Waals surface area (Å²) in [4.78, 5) is 11.8. The quantitative estimate of drug-likeness (QED) is 0.503. The van der Waals surface area contributed by atoms with Crippen molar-refractivity contribution in [2.45, 2.75) is 58.6 Å². The summed E-state index contributed by atoms with van der Waals surface area (Å²) < 4.78 is 12.0. The number of hydrogen-bond acceptors (Lipinski definition) is 3. The van der Waals surface area contributed by atoms with Crippen molar-refractivity contribution in [1.29, 1.82) is 0 Å². The van der Waals surface area contributed by atoms with Crippen LogP contribution >= 0.6 is 0 Å². The van der Waals surface area contributed by atoms with Gasteiger partial charge in [-0.05, 0) is 35.7 Å². The summed E-state index contributed by atoms with van der Waals surface area (Å²) in [5.74, 6) is -0.157. The van der Waals surface area contributed by atoms with E-state index in [4.69, 9.17) is 9.16 Å². The molecule has 146 valence electrons. The molecule has 2 aromatic rings. The van der Waals surface area contributed by atoms with Crippen molar-refractivity contribution < 1.29 is 14.0 Å². The minimum atomic E-state index is -2.56. The Hall–Kier alpha value is -1.91. The van der Waals surface area contributed by atoms with Crippen LogP contribution in [0.3, 0.4) is 0 Å². The van der Waals surface area contributed by atoms with Gasteiger partial charge in [-0.1, -0.05) is 81.4 Å². The van der Waals surface area contributed by atoms with Gasteiger partial charge in [0.2, 0.25) is 0 Å². The maximum atomic E-state index is 11.8. The highest BCUT2D eigenvalue weighted by Crippen LogP contribution is 2.37. The van der Waals surface area contributed by atoms with E-state index in [0.29, 0.717) is 19.4 Å². The van der Waals surface area contributed by atoms with E-state index in [1.54, 1.807) is 0 Å². The summed E-state index contributed by atoms with van der Waals surface area (Å²) in [7, 11) is -2.56. The third-order valence-corrected chi connectivity index (χ3v) is 10.0. The Balaban J connectivity index is 2.42. The SMILES string of the molecule is CCOC(=O)CC[C@H](C)O[Si](c1ccccc1)(c1ccccc1)C(C)(C)C. The molecule has 4 heteroatoms. The van der Waals surface area contributed by atoms with Gasteiger partial charge in [-0.3, -0.25) is 4.79 Å². The van der Waals surface area contributed by atoms with Crippen LogP contribution in [0.1, 0.15) is 47.5 Å². The number of rotatable bonds is 8. The van der Waals surface area contributed by atoms with Crippen LogP contribution in [0.2, 0.25) is 5.04 Å². The zero-order chi connectivity index (χ0) is 19.9. The Morgan fingerprint density at radius 1 is 0.963 bits per heavy atom. The van der Waals surface area contributed by atoms with Gasteiger partial charge < -0.3 is 9.16 Å². The second-order valence-corrected chi connectivity index (χ2v) is 12.2. The lowest BCUT2D eigenvalue weighted by Gasteiger charge is -2.44. The molecule has 0 radical (unpaired) electrons. The van der Waals surface area contributed by atoms with Crippen LogP contribution in [0.15, 0.2) is 60.7 Å². The molecule has 0 aromatic heterocycles. The van der Waals surface area contributed by atoms with E-state index in [0.717, 1.165) is 0 Å². The number of carbonyl (C=O) groups excluding carboxylic acids is 1. The van der Waals surface area contributed by atoms with Crippen LogP contribution in [0.25, 0.3) is 0 Å². The maximum Gasteiger partial charge on any atom is 0.305 e. The van der Waals surface area contributed by atoms with Gasteiger partial charge in [0.25, 0.3) is 8.32 Å². The van der Waals surface area contributed by atoms with Gasteiger partial charge in [-0.15, -0.1) is 0 Å². The van der Waals surface area contributed by atoms with E-state index in [-0.39, 0.29) is 17.1 Å². The lowest BCUT2D eigenvalue weighted by molar-refractivity contribution is -0.143. The molecule has 27 heavy (non-hydrogen) atoms. The summed E-state index contributed by atoms with van der Waals surface area (Å²) in [6, 6.07) is 21.1. The molecule has 0 amide bonds. The lowest BCUT2D eigenvalue weighted by Crippen LogP contribution is -2.67. The normalized spacial score (nSPS) is 13.2. The molecule has 0 saturated heterocycles. The maximum absolute atomic E-state index is 11.8. The van der Waals surface area contributed by atoms with Crippen LogP contribution in [0, 0.1) is 0 Å². The van der Waals surface area contributed by atoms with Gasteiger partial charge in [0.15, 0.2) is 0 Å². The Labute approximate surface area is 164 Å². The van der Waals surface area contributed by atoms with E-state index in [2.05, 4.69) is 76.2 Å². The highest BCUT2D eigenvalue weighted by molar-refractivity contribution is 6.99. The first-order chi connectivity index (χ1) is 12.8. The first-order valence-corrected chi connectivity index (χ1v) is 11.7. The van der Waals surface area contributed by atoms with Crippen molar-refractivity contribution in [3.63, 3.8) is 0 Å². The second kappa shape index (κ2) is 9.33. The highest BCUT2D eigenvalue weighted by atomic mass is 28.4. The van der Waals surface area contributed by atoms with E-state index in [9.17, 15) is 4.79 Å². The molecule has 1 atom stereocenters. The third kappa shape index (κ3) is 5.08. The molecule has 2 rings (SSSR count). The fourth-order valence-corrected chi connectivity index (χ4v) is 8.34. The average Bonchev–Trinajstić information content (AvgIpc) is 2.65. The summed E-state index contributed by atoms with van der Waals surface area (Å²) in [6.07, 6.45) is 0.997. The van der Waals surface area contributed by atoms with Crippen molar-refractivity contribution >= 4 is 24.7 Å². The van der Waals surface area contributed by atoms with Crippen LogP contribution in [0.4, 0.5) is 0 Å². The number of benzene rings is 2. The van der Waals surface area contributed by atoms with Crippen LogP contribution in [-0.2, 0) is 14.0 Å². The fraction of sp³-hybridized carbons (Fsp3) is 0.435. The minimum absolute atomic E-state index is 0.0410. The molecule has 0 heterocycles. The topological polar surface area (TPSA) is 35.5 Å². The molecule has 0 spiro atoms. The Morgan fingerprint density at radius 2 is 1.44 bits per heavy atom. The number of hydrogen-bond donors (Lipinski definition) is 0. The smallest absolute Gasteiger partial charge is 0.305 e. The van der Waals surface area contributed by atoms with Crippen molar-refractivity contribution in [1.82, 2.24) is 0 Å². The molecule has 3 nitrogen and oxygen atoms in total. The van der Waals surface area contributed by atoms with Gasteiger partial charge >= 0.3 is 5.97 Å². The van der Waals surface area contributed by atoms with E-state index < -0.39 is 8.32 Å². The highest BCUT2D eigenvalue weighted by Gasteiger charge is 2.50. The Kier molecular flexibility index (Phi) is 7.39. The molecule has 0 aliphatic rings.